The number of hydrogen-bond donors (Lipinski definition) is 2. The van der Waals surface area contributed by atoms with Crippen LogP contribution < -0.4 is 15.5 Å². The first-order valence-corrected chi connectivity index (χ1v) is 5.28. The number of anilines is 2. The van der Waals surface area contributed by atoms with Crippen molar-refractivity contribution in [3.05, 3.63) is 18.3 Å². The Kier molecular flexibility index (Phi) is 4.72. The fourth-order valence-electron chi connectivity index (χ4n) is 1.28. The minimum absolute atomic E-state index is 0.0575. The minimum Gasteiger partial charge on any atom is -0.361 e. The Hall–Kier alpha value is -1.62. The van der Waals surface area contributed by atoms with Crippen molar-refractivity contribution in [2.45, 2.75) is 6.92 Å². The van der Waals surface area contributed by atoms with Gasteiger partial charge in [0.2, 0.25) is 5.91 Å². The number of nitrogens with zero attached hydrogens (tertiary/aromatic N) is 2. The number of amides is 1. The zero-order valence-corrected chi connectivity index (χ0v) is 9.95. The maximum Gasteiger partial charge on any atom is 0.238 e. The SMILES string of the molecule is CCNCC(=O)Nc1cccnc1N(C)C. The number of hydrogen-bond acceptors (Lipinski definition) is 4. The molecule has 0 aliphatic rings. The van der Waals surface area contributed by atoms with Gasteiger partial charge in [0.1, 0.15) is 0 Å². The maximum absolute atomic E-state index is 11.5. The molecule has 0 fully saturated rings. The lowest BCUT2D eigenvalue weighted by atomic mass is 10.3. The Morgan fingerprint density at radius 3 is 2.88 bits per heavy atom. The van der Waals surface area contributed by atoms with Crippen molar-refractivity contribution in [2.75, 3.05) is 37.4 Å². The van der Waals surface area contributed by atoms with E-state index >= 15 is 0 Å². The molecule has 0 aromatic carbocycles. The summed E-state index contributed by atoms with van der Waals surface area (Å²) < 4.78 is 0. The molecule has 0 atom stereocenters. The highest BCUT2D eigenvalue weighted by molar-refractivity contribution is 5.94. The van der Waals surface area contributed by atoms with Crippen molar-refractivity contribution in [2.24, 2.45) is 0 Å². The summed E-state index contributed by atoms with van der Waals surface area (Å²) in [5.74, 6) is 0.699. The molecule has 2 N–H and O–H groups in total. The zero-order chi connectivity index (χ0) is 12.0. The third-order valence-corrected chi connectivity index (χ3v) is 2.02. The molecular weight excluding hydrogens is 204 g/mol. The van der Waals surface area contributed by atoms with Gasteiger partial charge in [0.25, 0.3) is 0 Å². The third-order valence-electron chi connectivity index (χ3n) is 2.02. The van der Waals surface area contributed by atoms with Gasteiger partial charge in [-0.1, -0.05) is 6.92 Å². The van der Waals surface area contributed by atoms with E-state index in [4.69, 9.17) is 0 Å². The van der Waals surface area contributed by atoms with Crippen LogP contribution in [0.15, 0.2) is 18.3 Å². The molecule has 88 valence electrons. The predicted octanol–water partition coefficient (Wildman–Crippen LogP) is 0.696. The lowest BCUT2D eigenvalue weighted by Gasteiger charge is -2.16. The Bertz CT molecular complexity index is 352. The predicted molar refractivity (Wildman–Crippen MR) is 65.7 cm³/mol. The zero-order valence-electron chi connectivity index (χ0n) is 9.95. The molecule has 0 saturated heterocycles. The Labute approximate surface area is 95.9 Å². The molecule has 0 aliphatic carbocycles. The van der Waals surface area contributed by atoms with Gasteiger partial charge in [-0.3, -0.25) is 4.79 Å². The van der Waals surface area contributed by atoms with E-state index in [2.05, 4.69) is 15.6 Å². The molecule has 0 bridgehead atoms. The van der Waals surface area contributed by atoms with Crippen LogP contribution in [0, 0.1) is 0 Å². The van der Waals surface area contributed by atoms with E-state index in [0.29, 0.717) is 6.54 Å². The summed E-state index contributed by atoms with van der Waals surface area (Å²) in [7, 11) is 3.78. The summed E-state index contributed by atoms with van der Waals surface area (Å²) in [6.07, 6.45) is 1.70. The molecule has 0 saturated carbocycles. The van der Waals surface area contributed by atoms with Crippen molar-refractivity contribution in [3.63, 3.8) is 0 Å². The summed E-state index contributed by atoms with van der Waals surface area (Å²) in [4.78, 5) is 17.6. The van der Waals surface area contributed by atoms with Gasteiger partial charge in [-0.05, 0) is 18.7 Å². The van der Waals surface area contributed by atoms with Crippen LogP contribution >= 0.6 is 0 Å². The van der Waals surface area contributed by atoms with Crippen LogP contribution in [0.1, 0.15) is 6.92 Å². The molecule has 5 nitrogen and oxygen atoms in total. The van der Waals surface area contributed by atoms with Crippen LogP contribution in [0.4, 0.5) is 11.5 Å². The van der Waals surface area contributed by atoms with Crippen molar-refractivity contribution in [1.29, 1.82) is 0 Å². The van der Waals surface area contributed by atoms with Crippen LogP contribution in [0.2, 0.25) is 0 Å². The standard InChI is InChI=1S/C11H18N4O/c1-4-12-8-10(16)14-9-6-5-7-13-11(9)15(2)3/h5-7,12H,4,8H2,1-3H3,(H,14,16). The van der Waals surface area contributed by atoms with Crippen LogP contribution in [-0.2, 0) is 4.79 Å². The van der Waals surface area contributed by atoms with E-state index in [-0.39, 0.29) is 5.91 Å². The summed E-state index contributed by atoms with van der Waals surface area (Å²) >= 11 is 0. The van der Waals surface area contributed by atoms with E-state index in [1.54, 1.807) is 12.3 Å². The number of nitrogens with one attached hydrogen (secondary N) is 2. The van der Waals surface area contributed by atoms with Gasteiger partial charge in [0, 0.05) is 20.3 Å². The number of carbonyl (C=O) groups excluding carboxylic acids is 1. The molecule has 5 heteroatoms. The lowest BCUT2D eigenvalue weighted by Crippen LogP contribution is -2.28. The van der Waals surface area contributed by atoms with Crippen molar-refractivity contribution in [3.8, 4) is 0 Å². The highest BCUT2D eigenvalue weighted by atomic mass is 16.1. The largest absolute Gasteiger partial charge is 0.361 e. The van der Waals surface area contributed by atoms with Gasteiger partial charge >= 0.3 is 0 Å². The molecule has 0 unspecified atom stereocenters. The summed E-state index contributed by atoms with van der Waals surface area (Å²) in [5.41, 5.74) is 0.732. The van der Waals surface area contributed by atoms with Gasteiger partial charge < -0.3 is 15.5 Å². The van der Waals surface area contributed by atoms with Gasteiger partial charge in [-0.15, -0.1) is 0 Å². The van der Waals surface area contributed by atoms with Crippen LogP contribution in [-0.4, -0.2) is 38.1 Å². The second kappa shape index (κ2) is 6.07. The van der Waals surface area contributed by atoms with E-state index < -0.39 is 0 Å². The number of likely N-dealkylation sites (N-methyl/N-ethyl adjacent to an activating group) is 1. The molecule has 1 aromatic heterocycles. The molecule has 1 aromatic rings. The Morgan fingerprint density at radius 2 is 2.25 bits per heavy atom. The van der Waals surface area contributed by atoms with E-state index in [1.807, 2.05) is 32.0 Å². The van der Waals surface area contributed by atoms with Gasteiger partial charge in [0.15, 0.2) is 5.82 Å². The third kappa shape index (κ3) is 3.51. The minimum atomic E-state index is -0.0575. The second-order valence-corrected chi connectivity index (χ2v) is 3.60. The molecule has 1 amide bonds. The molecule has 1 rings (SSSR count). The van der Waals surface area contributed by atoms with Gasteiger partial charge in [-0.25, -0.2) is 4.98 Å². The second-order valence-electron chi connectivity index (χ2n) is 3.60. The molecule has 1 heterocycles. The van der Waals surface area contributed by atoms with Crippen molar-refractivity contribution in [1.82, 2.24) is 10.3 Å². The van der Waals surface area contributed by atoms with E-state index in [0.717, 1.165) is 18.1 Å². The first-order chi connectivity index (χ1) is 7.65. The van der Waals surface area contributed by atoms with Crippen molar-refractivity contribution >= 4 is 17.4 Å². The first kappa shape index (κ1) is 12.4. The van der Waals surface area contributed by atoms with Gasteiger partial charge in [0.05, 0.1) is 12.2 Å². The Morgan fingerprint density at radius 1 is 1.50 bits per heavy atom. The maximum atomic E-state index is 11.5. The van der Waals surface area contributed by atoms with Crippen LogP contribution in [0.25, 0.3) is 0 Å². The molecule has 0 radical (unpaired) electrons. The average molecular weight is 222 g/mol. The normalized spacial score (nSPS) is 9.94. The Balaban J connectivity index is 2.69. The van der Waals surface area contributed by atoms with E-state index in [1.165, 1.54) is 0 Å². The highest BCUT2D eigenvalue weighted by Crippen LogP contribution is 2.19. The monoisotopic (exact) mass is 222 g/mol. The molecule has 0 aliphatic heterocycles. The topological polar surface area (TPSA) is 57.3 Å². The van der Waals surface area contributed by atoms with E-state index in [9.17, 15) is 4.79 Å². The highest BCUT2D eigenvalue weighted by Gasteiger charge is 2.08. The summed E-state index contributed by atoms with van der Waals surface area (Å²) in [6, 6.07) is 3.64. The quantitative estimate of drug-likeness (QED) is 0.770. The summed E-state index contributed by atoms with van der Waals surface area (Å²) in [6.45, 7) is 3.06. The van der Waals surface area contributed by atoms with Crippen molar-refractivity contribution < 1.29 is 4.79 Å². The lowest BCUT2D eigenvalue weighted by molar-refractivity contribution is -0.115. The number of carbonyl (C=O) groups is 1. The smallest absolute Gasteiger partial charge is 0.238 e. The fraction of sp³-hybridized carbons (Fsp3) is 0.455. The number of pyridine rings is 1. The molecular formula is C11H18N4O. The molecule has 0 spiro atoms. The molecule has 16 heavy (non-hydrogen) atoms. The van der Waals surface area contributed by atoms with Crippen LogP contribution in [0.5, 0.6) is 0 Å². The summed E-state index contributed by atoms with van der Waals surface area (Å²) in [5, 5.41) is 5.79. The first-order valence-electron chi connectivity index (χ1n) is 5.28. The number of aromatic nitrogens is 1. The fourth-order valence-corrected chi connectivity index (χ4v) is 1.28. The average Bonchev–Trinajstić information content (AvgIpc) is 2.27. The van der Waals surface area contributed by atoms with Crippen LogP contribution in [0.3, 0.4) is 0 Å². The van der Waals surface area contributed by atoms with Gasteiger partial charge in [-0.2, -0.15) is 0 Å². The number of rotatable bonds is 5.